The maximum atomic E-state index is 12.1. The van der Waals surface area contributed by atoms with Gasteiger partial charge in [0, 0.05) is 6.04 Å². The van der Waals surface area contributed by atoms with Gasteiger partial charge in [0.1, 0.15) is 0 Å². The molecule has 1 saturated carbocycles. The van der Waals surface area contributed by atoms with Crippen LogP contribution in [0.15, 0.2) is 12.2 Å². The topological polar surface area (TPSA) is 41.1 Å². The zero-order valence-corrected chi connectivity index (χ0v) is 12.2. The van der Waals surface area contributed by atoms with Crippen molar-refractivity contribution in [1.29, 1.82) is 0 Å². The van der Waals surface area contributed by atoms with Crippen molar-refractivity contribution in [2.45, 2.75) is 70.4 Å². The van der Waals surface area contributed by atoms with E-state index in [0.717, 1.165) is 25.8 Å². The van der Waals surface area contributed by atoms with Crippen LogP contribution in [0.25, 0.3) is 0 Å². The Morgan fingerprint density at radius 3 is 2.68 bits per heavy atom. The summed E-state index contributed by atoms with van der Waals surface area (Å²) < 4.78 is 0. The van der Waals surface area contributed by atoms with Crippen LogP contribution in [-0.2, 0) is 4.79 Å². The molecule has 2 N–H and O–H groups in total. The van der Waals surface area contributed by atoms with Crippen LogP contribution in [0, 0.1) is 5.92 Å². The number of amides is 1. The lowest BCUT2D eigenvalue weighted by atomic mass is 9.94. The van der Waals surface area contributed by atoms with Crippen molar-refractivity contribution in [3.8, 4) is 0 Å². The minimum absolute atomic E-state index is 0.0622. The summed E-state index contributed by atoms with van der Waals surface area (Å²) in [6.07, 6.45) is 14.3. The van der Waals surface area contributed by atoms with Gasteiger partial charge in [-0.1, -0.05) is 31.4 Å². The van der Waals surface area contributed by atoms with E-state index in [9.17, 15) is 4.79 Å². The van der Waals surface area contributed by atoms with Gasteiger partial charge in [-0.05, 0) is 51.5 Å². The fourth-order valence-electron chi connectivity index (χ4n) is 3.05. The van der Waals surface area contributed by atoms with Gasteiger partial charge in [0.2, 0.25) is 5.91 Å². The van der Waals surface area contributed by atoms with Gasteiger partial charge in [0.05, 0.1) is 6.04 Å². The minimum Gasteiger partial charge on any atom is -0.352 e. The number of carbonyl (C=O) groups is 1. The van der Waals surface area contributed by atoms with Crippen LogP contribution >= 0.6 is 0 Å². The normalized spacial score (nSPS) is 26.1. The number of hydrogen-bond acceptors (Lipinski definition) is 2. The van der Waals surface area contributed by atoms with Crippen molar-refractivity contribution in [1.82, 2.24) is 10.6 Å². The van der Waals surface area contributed by atoms with Gasteiger partial charge in [-0.2, -0.15) is 0 Å². The molecule has 2 atom stereocenters. The third-order valence-electron chi connectivity index (χ3n) is 4.44. The SMILES string of the molecule is CC(NCC1CC=CCC1)C(=O)NC1CCCCC1. The Kier molecular flexibility index (Phi) is 5.90. The van der Waals surface area contributed by atoms with Gasteiger partial charge in [-0.15, -0.1) is 0 Å². The molecule has 0 aromatic carbocycles. The first kappa shape index (κ1) is 14.6. The van der Waals surface area contributed by atoms with E-state index >= 15 is 0 Å². The first-order valence-electron chi connectivity index (χ1n) is 7.94. The molecule has 2 rings (SSSR count). The Hall–Kier alpha value is -0.830. The summed E-state index contributed by atoms with van der Waals surface area (Å²) in [5.41, 5.74) is 0. The van der Waals surface area contributed by atoms with Crippen LogP contribution in [0.2, 0.25) is 0 Å². The summed E-state index contributed by atoms with van der Waals surface area (Å²) in [5, 5.41) is 6.59. The molecule has 19 heavy (non-hydrogen) atoms. The van der Waals surface area contributed by atoms with E-state index in [1.54, 1.807) is 0 Å². The van der Waals surface area contributed by atoms with E-state index in [1.807, 2.05) is 6.92 Å². The fraction of sp³-hybridized carbons (Fsp3) is 0.812. The third-order valence-corrected chi connectivity index (χ3v) is 4.44. The van der Waals surface area contributed by atoms with Crippen molar-refractivity contribution < 1.29 is 4.79 Å². The van der Waals surface area contributed by atoms with Gasteiger partial charge < -0.3 is 10.6 Å². The summed E-state index contributed by atoms with van der Waals surface area (Å²) in [6, 6.07) is 0.357. The van der Waals surface area contributed by atoms with E-state index < -0.39 is 0 Å². The maximum absolute atomic E-state index is 12.1. The Bertz CT molecular complexity index is 308. The molecule has 2 aliphatic carbocycles. The standard InChI is InChI=1S/C16H28N2O/c1-13(17-12-14-8-4-2-5-9-14)16(19)18-15-10-6-3-7-11-15/h2,4,13-15,17H,3,5-12H2,1H3,(H,18,19). The van der Waals surface area contributed by atoms with Crippen LogP contribution in [0.3, 0.4) is 0 Å². The molecule has 0 aliphatic heterocycles. The second-order valence-corrected chi connectivity index (χ2v) is 6.12. The summed E-state index contributed by atoms with van der Waals surface area (Å²) in [5.74, 6) is 0.883. The molecule has 2 aliphatic rings. The second-order valence-electron chi connectivity index (χ2n) is 6.12. The lowest BCUT2D eigenvalue weighted by Gasteiger charge is -2.26. The molecule has 1 amide bonds. The first-order chi connectivity index (χ1) is 9.25. The van der Waals surface area contributed by atoms with Gasteiger partial charge in [-0.25, -0.2) is 0 Å². The predicted octanol–water partition coefficient (Wildman–Crippen LogP) is 2.77. The number of nitrogens with one attached hydrogen (secondary N) is 2. The molecule has 3 heteroatoms. The largest absolute Gasteiger partial charge is 0.352 e. The minimum atomic E-state index is -0.0622. The quantitative estimate of drug-likeness (QED) is 0.750. The maximum Gasteiger partial charge on any atom is 0.237 e. The highest BCUT2D eigenvalue weighted by molar-refractivity contribution is 5.81. The van der Waals surface area contributed by atoms with E-state index in [1.165, 1.54) is 32.1 Å². The molecule has 0 spiro atoms. The van der Waals surface area contributed by atoms with E-state index in [-0.39, 0.29) is 11.9 Å². The van der Waals surface area contributed by atoms with Crippen LogP contribution in [0.4, 0.5) is 0 Å². The predicted molar refractivity (Wildman–Crippen MR) is 79.0 cm³/mol. The Morgan fingerprint density at radius 1 is 1.21 bits per heavy atom. The molecule has 0 aromatic rings. The number of carbonyl (C=O) groups excluding carboxylic acids is 1. The Balaban J connectivity index is 1.65. The lowest BCUT2D eigenvalue weighted by molar-refractivity contribution is -0.123. The van der Waals surface area contributed by atoms with Crippen molar-refractivity contribution in [2.75, 3.05) is 6.54 Å². The van der Waals surface area contributed by atoms with Crippen LogP contribution in [0.1, 0.15) is 58.3 Å². The van der Waals surface area contributed by atoms with Crippen molar-refractivity contribution >= 4 is 5.91 Å². The summed E-state index contributed by atoms with van der Waals surface area (Å²) >= 11 is 0. The van der Waals surface area contributed by atoms with Crippen LogP contribution in [-0.4, -0.2) is 24.5 Å². The molecular formula is C16H28N2O. The highest BCUT2D eigenvalue weighted by Gasteiger charge is 2.20. The molecule has 2 unspecified atom stereocenters. The molecule has 1 fully saturated rings. The molecule has 0 radical (unpaired) electrons. The Labute approximate surface area is 117 Å². The van der Waals surface area contributed by atoms with Crippen LogP contribution < -0.4 is 10.6 Å². The molecule has 0 aromatic heterocycles. The van der Waals surface area contributed by atoms with Gasteiger partial charge in [0.25, 0.3) is 0 Å². The summed E-state index contributed by atoms with van der Waals surface area (Å²) in [7, 11) is 0. The van der Waals surface area contributed by atoms with E-state index in [0.29, 0.717) is 12.0 Å². The zero-order valence-electron chi connectivity index (χ0n) is 12.2. The van der Waals surface area contributed by atoms with Crippen LogP contribution in [0.5, 0.6) is 0 Å². The average molecular weight is 264 g/mol. The molecule has 108 valence electrons. The number of hydrogen-bond donors (Lipinski definition) is 2. The fourth-order valence-corrected chi connectivity index (χ4v) is 3.05. The molecule has 0 heterocycles. The van der Waals surface area contributed by atoms with Crippen molar-refractivity contribution in [3.05, 3.63) is 12.2 Å². The van der Waals surface area contributed by atoms with E-state index in [2.05, 4.69) is 22.8 Å². The highest BCUT2D eigenvalue weighted by atomic mass is 16.2. The smallest absolute Gasteiger partial charge is 0.237 e. The highest BCUT2D eigenvalue weighted by Crippen LogP contribution is 2.18. The molecular weight excluding hydrogens is 236 g/mol. The second kappa shape index (κ2) is 7.68. The van der Waals surface area contributed by atoms with Gasteiger partial charge in [-0.3, -0.25) is 4.79 Å². The zero-order chi connectivity index (χ0) is 13.5. The lowest BCUT2D eigenvalue weighted by Crippen LogP contribution is -2.47. The Morgan fingerprint density at radius 2 is 2.00 bits per heavy atom. The number of rotatable bonds is 5. The van der Waals surface area contributed by atoms with Crippen molar-refractivity contribution in [3.63, 3.8) is 0 Å². The molecule has 0 saturated heterocycles. The van der Waals surface area contributed by atoms with Crippen molar-refractivity contribution in [2.24, 2.45) is 5.92 Å². The van der Waals surface area contributed by atoms with E-state index in [4.69, 9.17) is 0 Å². The monoisotopic (exact) mass is 264 g/mol. The average Bonchev–Trinajstić information content (AvgIpc) is 2.47. The third kappa shape index (κ3) is 4.98. The van der Waals surface area contributed by atoms with Gasteiger partial charge >= 0.3 is 0 Å². The molecule has 0 bridgehead atoms. The van der Waals surface area contributed by atoms with Gasteiger partial charge in [0.15, 0.2) is 0 Å². The number of allylic oxidation sites excluding steroid dienone is 2. The summed E-state index contributed by atoms with van der Waals surface area (Å²) in [4.78, 5) is 12.1. The first-order valence-corrected chi connectivity index (χ1v) is 7.94. The molecule has 3 nitrogen and oxygen atoms in total. The summed E-state index contributed by atoms with van der Waals surface area (Å²) in [6.45, 7) is 2.94.